The first kappa shape index (κ1) is 18.8. The van der Waals surface area contributed by atoms with Gasteiger partial charge < -0.3 is 9.30 Å². The van der Waals surface area contributed by atoms with Gasteiger partial charge in [-0.2, -0.15) is 0 Å². The predicted molar refractivity (Wildman–Crippen MR) is 101 cm³/mol. The summed E-state index contributed by atoms with van der Waals surface area (Å²) in [5.41, 5.74) is 4.12. The average Bonchev–Trinajstić information content (AvgIpc) is 2.81. The smallest absolute Gasteiger partial charge is 0.239 e. The second kappa shape index (κ2) is 8.04. The van der Waals surface area contributed by atoms with E-state index in [2.05, 4.69) is 35.2 Å². The van der Waals surface area contributed by atoms with E-state index in [4.69, 9.17) is 4.74 Å². The number of ether oxygens (including phenoxy) is 1. The van der Waals surface area contributed by atoms with Crippen LogP contribution in [0.3, 0.4) is 0 Å². The largest absolute Gasteiger partial charge is 0.463 e. The zero-order chi connectivity index (χ0) is 17.1. The molecule has 0 unspecified atom stereocenters. The minimum atomic E-state index is -0.230. The molecule has 3 rings (SSSR count). The van der Waals surface area contributed by atoms with Crippen molar-refractivity contribution in [2.75, 3.05) is 6.61 Å². The SMILES string of the molecule is CC#CCOc1nccc2c(C)c(C)n(Cc3cccc(F)c3)c12.Cl. The van der Waals surface area contributed by atoms with Gasteiger partial charge in [0.25, 0.3) is 0 Å². The monoisotopic (exact) mass is 358 g/mol. The molecule has 0 saturated carbocycles. The summed E-state index contributed by atoms with van der Waals surface area (Å²) in [6.45, 7) is 6.78. The Balaban J connectivity index is 0.00000225. The van der Waals surface area contributed by atoms with Crippen LogP contribution in [0.5, 0.6) is 5.88 Å². The molecule has 0 saturated heterocycles. The van der Waals surface area contributed by atoms with Gasteiger partial charge in [0.1, 0.15) is 11.3 Å². The minimum absolute atomic E-state index is 0. The molecule has 130 valence electrons. The fourth-order valence-corrected chi connectivity index (χ4v) is 2.86. The molecule has 2 heterocycles. The molecule has 3 aromatic rings. The van der Waals surface area contributed by atoms with E-state index >= 15 is 0 Å². The maximum atomic E-state index is 13.5. The van der Waals surface area contributed by atoms with Crippen molar-refractivity contribution in [3.8, 4) is 17.7 Å². The van der Waals surface area contributed by atoms with Crippen LogP contribution in [0.4, 0.5) is 4.39 Å². The number of pyridine rings is 1. The van der Waals surface area contributed by atoms with E-state index in [0.29, 0.717) is 19.0 Å². The lowest BCUT2D eigenvalue weighted by molar-refractivity contribution is 0.358. The summed E-state index contributed by atoms with van der Waals surface area (Å²) in [4.78, 5) is 4.37. The van der Waals surface area contributed by atoms with Crippen LogP contribution in [0.15, 0.2) is 36.5 Å². The van der Waals surface area contributed by atoms with E-state index in [0.717, 1.165) is 22.2 Å². The molecule has 0 aliphatic rings. The topological polar surface area (TPSA) is 27.1 Å². The normalized spacial score (nSPS) is 10.1. The van der Waals surface area contributed by atoms with Crippen molar-refractivity contribution in [3.05, 3.63) is 59.2 Å². The van der Waals surface area contributed by atoms with E-state index in [-0.39, 0.29) is 18.2 Å². The third-order valence-corrected chi connectivity index (χ3v) is 4.20. The molecule has 0 atom stereocenters. The predicted octanol–water partition coefficient (Wildman–Crippen LogP) is 4.66. The Morgan fingerprint density at radius 2 is 2.04 bits per heavy atom. The summed E-state index contributed by atoms with van der Waals surface area (Å²) >= 11 is 0. The first-order valence-electron chi connectivity index (χ1n) is 7.83. The Labute approximate surface area is 153 Å². The van der Waals surface area contributed by atoms with Crippen LogP contribution in [0.2, 0.25) is 0 Å². The van der Waals surface area contributed by atoms with Crippen LogP contribution in [0.1, 0.15) is 23.7 Å². The molecule has 2 aromatic heterocycles. The first-order chi connectivity index (χ1) is 11.6. The highest BCUT2D eigenvalue weighted by molar-refractivity contribution is 5.89. The Bertz CT molecular complexity index is 953. The fraction of sp³-hybridized carbons (Fsp3) is 0.250. The van der Waals surface area contributed by atoms with Crippen molar-refractivity contribution in [2.24, 2.45) is 0 Å². The minimum Gasteiger partial charge on any atom is -0.463 e. The quantitative estimate of drug-likeness (QED) is 0.634. The molecule has 5 heteroatoms. The van der Waals surface area contributed by atoms with Crippen molar-refractivity contribution in [3.63, 3.8) is 0 Å². The van der Waals surface area contributed by atoms with Crippen LogP contribution < -0.4 is 4.74 Å². The van der Waals surface area contributed by atoms with Crippen molar-refractivity contribution < 1.29 is 9.13 Å². The summed E-state index contributed by atoms with van der Waals surface area (Å²) in [5.74, 6) is 6.03. The maximum absolute atomic E-state index is 13.5. The molecule has 0 N–H and O–H groups in total. The van der Waals surface area contributed by atoms with Crippen molar-refractivity contribution >= 4 is 23.3 Å². The highest BCUT2D eigenvalue weighted by Gasteiger charge is 2.16. The zero-order valence-corrected chi connectivity index (χ0v) is 15.3. The van der Waals surface area contributed by atoms with Gasteiger partial charge in [-0.25, -0.2) is 9.37 Å². The van der Waals surface area contributed by atoms with Gasteiger partial charge in [-0.15, -0.1) is 18.3 Å². The number of aryl methyl sites for hydroxylation is 1. The first-order valence-corrected chi connectivity index (χ1v) is 7.83. The standard InChI is InChI=1S/C20H19FN2O.ClH/c1-4-5-11-24-20-19-18(9-10-22-20)14(2)15(3)23(19)13-16-7-6-8-17(21)12-16;/h6-10,12H,11,13H2,1-3H3;1H. The zero-order valence-electron chi connectivity index (χ0n) is 14.5. The lowest BCUT2D eigenvalue weighted by Gasteiger charge is -2.11. The molecule has 0 fully saturated rings. The molecule has 0 bridgehead atoms. The van der Waals surface area contributed by atoms with E-state index in [1.165, 1.54) is 11.6 Å². The van der Waals surface area contributed by atoms with Crippen LogP contribution in [-0.2, 0) is 6.54 Å². The number of fused-ring (bicyclic) bond motifs is 1. The number of nitrogens with zero attached hydrogens (tertiary/aromatic N) is 2. The van der Waals surface area contributed by atoms with Crippen LogP contribution >= 0.6 is 12.4 Å². The van der Waals surface area contributed by atoms with E-state index in [1.807, 2.05) is 12.1 Å². The lowest BCUT2D eigenvalue weighted by atomic mass is 10.2. The van der Waals surface area contributed by atoms with Gasteiger partial charge in [-0.3, -0.25) is 0 Å². The molecule has 0 spiro atoms. The van der Waals surface area contributed by atoms with E-state index in [9.17, 15) is 4.39 Å². The number of aromatic nitrogens is 2. The third-order valence-electron chi connectivity index (χ3n) is 4.20. The summed E-state index contributed by atoms with van der Waals surface area (Å²) in [6, 6.07) is 8.64. The van der Waals surface area contributed by atoms with E-state index < -0.39 is 0 Å². The maximum Gasteiger partial charge on any atom is 0.239 e. The average molecular weight is 359 g/mol. The van der Waals surface area contributed by atoms with Gasteiger partial charge in [0.05, 0.1) is 0 Å². The van der Waals surface area contributed by atoms with Crippen LogP contribution in [0.25, 0.3) is 10.9 Å². The highest BCUT2D eigenvalue weighted by Crippen LogP contribution is 2.31. The molecule has 25 heavy (non-hydrogen) atoms. The summed E-state index contributed by atoms with van der Waals surface area (Å²) < 4.78 is 21.4. The number of hydrogen-bond acceptors (Lipinski definition) is 2. The van der Waals surface area contributed by atoms with Crippen LogP contribution in [0, 0.1) is 31.5 Å². The molecule has 0 radical (unpaired) electrons. The van der Waals surface area contributed by atoms with Gasteiger partial charge in [-0.1, -0.05) is 18.1 Å². The molecule has 1 aromatic carbocycles. The molecule has 0 aliphatic heterocycles. The number of benzene rings is 1. The van der Waals surface area contributed by atoms with E-state index in [1.54, 1.807) is 25.3 Å². The Hall–Kier alpha value is -2.51. The summed E-state index contributed by atoms with van der Waals surface area (Å²) in [6.07, 6.45) is 1.75. The van der Waals surface area contributed by atoms with Gasteiger partial charge in [-0.05, 0) is 50.1 Å². The van der Waals surface area contributed by atoms with Crippen molar-refractivity contribution in [2.45, 2.75) is 27.3 Å². The lowest BCUT2D eigenvalue weighted by Crippen LogP contribution is -2.05. The molecular weight excluding hydrogens is 339 g/mol. The van der Waals surface area contributed by atoms with Gasteiger partial charge >= 0.3 is 0 Å². The Morgan fingerprint density at radius 3 is 2.76 bits per heavy atom. The summed E-state index contributed by atoms with van der Waals surface area (Å²) in [7, 11) is 0. The van der Waals surface area contributed by atoms with Gasteiger partial charge in [0, 0.05) is 23.8 Å². The third kappa shape index (κ3) is 3.78. The molecular formula is C20H20ClFN2O. The molecule has 0 aliphatic carbocycles. The second-order valence-corrected chi connectivity index (χ2v) is 5.65. The molecule has 0 amide bonds. The van der Waals surface area contributed by atoms with Gasteiger partial charge in [0.15, 0.2) is 6.61 Å². The second-order valence-electron chi connectivity index (χ2n) is 5.65. The number of halogens is 2. The van der Waals surface area contributed by atoms with Gasteiger partial charge in [0.2, 0.25) is 5.88 Å². The number of rotatable bonds is 4. The fourth-order valence-electron chi connectivity index (χ4n) is 2.86. The highest BCUT2D eigenvalue weighted by atomic mass is 35.5. The van der Waals surface area contributed by atoms with Crippen molar-refractivity contribution in [1.29, 1.82) is 0 Å². The van der Waals surface area contributed by atoms with Crippen molar-refractivity contribution in [1.82, 2.24) is 9.55 Å². The molecule has 3 nitrogen and oxygen atoms in total. The summed E-state index contributed by atoms with van der Waals surface area (Å²) in [5, 5.41) is 1.10. The Morgan fingerprint density at radius 1 is 1.24 bits per heavy atom. The number of hydrogen-bond donors (Lipinski definition) is 0. The van der Waals surface area contributed by atoms with Crippen LogP contribution in [-0.4, -0.2) is 16.2 Å². The Kier molecular flexibility index (Phi) is 6.06.